The van der Waals surface area contributed by atoms with Crippen molar-refractivity contribution in [1.82, 2.24) is 4.90 Å². The van der Waals surface area contributed by atoms with Crippen LogP contribution in [0.2, 0.25) is 0 Å². The molecule has 1 fully saturated rings. The molecule has 2 heteroatoms. The van der Waals surface area contributed by atoms with E-state index in [-0.39, 0.29) is 0 Å². The van der Waals surface area contributed by atoms with Crippen molar-refractivity contribution < 1.29 is 4.79 Å². The molecule has 0 bridgehead atoms. The molecule has 0 aromatic rings. The molecule has 1 saturated carbocycles. The Labute approximate surface area is 107 Å². The third-order valence-corrected chi connectivity index (χ3v) is 4.17. The van der Waals surface area contributed by atoms with Crippen LogP contribution in [0.5, 0.6) is 0 Å². The Morgan fingerprint density at radius 3 is 2.71 bits per heavy atom. The van der Waals surface area contributed by atoms with Gasteiger partial charge in [0.1, 0.15) is 5.78 Å². The summed E-state index contributed by atoms with van der Waals surface area (Å²) in [7, 11) is 2.15. The van der Waals surface area contributed by atoms with Gasteiger partial charge in [0.15, 0.2) is 0 Å². The Morgan fingerprint density at radius 1 is 1.41 bits per heavy atom. The van der Waals surface area contributed by atoms with E-state index in [9.17, 15) is 4.79 Å². The first-order chi connectivity index (χ1) is 8.04. The number of Topliss-reactive ketones (excluding diaryl/α,β-unsaturated/α-hetero) is 1. The maximum absolute atomic E-state index is 11.9. The summed E-state index contributed by atoms with van der Waals surface area (Å²) < 4.78 is 0. The van der Waals surface area contributed by atoms with Crippen molar-refractivity contribution in [2.45, 2.75) is 52.9 Å². The van der Waals surface area contributed by atoms with E-state index < -0.39 is 0 Å². The molecule has 0 radical (unpaired) electrons. The van der Waals surface area contributed by atoms with Crippen molar-refractivity contribution in [3.05, 3.63) is 0 Å². The van der Waals surface area contributed by atoms with Gasteiger partial charge in [-0.05, 0) is 44.7 Å². The Morgan fingerprint density at radius 2 is 2.12 bits per heavy atom. The highest BCUT2D eigenvalue weighted by Gasteiger charge is 2.30. The summed E-state index contributed by atoms with van der Waals surface area (Å²) in [4.78, 5) is 14.3. The van der Waals surface area contributed by atoms with Gasteiger partial charge in [-0.15, -0.1) is 0 Å². The highest BCUT2D eigenvalue weighted by Crippen LogP contribution is 2.31. The lowest BCUT2D eigenvalue weighted by atomic mass is 9.75. The highest BCUT2D eigenvalue weighted by molar-refractivity contribution is 5.81. The van der Waals surface area contributed by atoms with Gasteiger partial charge in [0.2, 0.25) is 0 Å². The molecule has 1 rings (SSSR count). The summed E-state index contributed by atoms with van der Waals surface area (Å²) in [5, 5.41) is 0. The van der Waals surface area contributed by atoms with Crippen LogP contribution in [0, 0.1) is 17.8 Å². The van der Waals surface area contributed by atoms with Crippen LogP contribution in [0.25, 0.3) is 0 Å². The molecule has 1 aliphatic rings. The van der Waals surface area contributed by atoms with Crippen molar-refractivity contribution in [2.24, 2.45) is 17.8 Å². The third-order valence-electron chi connectivity index (χ3n) is 4.17. The average molecular weight is 239 g/mol. The van der Waals surface area contributed by atoms with Crippen molar-refractivity contribution in [3.63, 3.8) is 0 Å². The van der Waals surface area contributed by atoms with Crippen LogP contribution in [-0.4, -0.2) is 30.8 Å². The molecular formula is C15H29NO. The standard InChI is InChI=1S/C15H29NO/c1-5-6-9-16(4)11-14-10-13(12(2)3)7-8-15(14)17/h12-14H,5-11H2,1-4H3. The van der Waals surface area contributed by atoms with Crippen LogP contribution in [0.3, 0.4) is 0 Å². The second-order valence-corrected chi connectivity index (χ2v) is 6.06. The molecule has 0 heterocycles. The molecular weight excluding hydrogens is 210 g/mol. The largest absolute Gasteiger partial charge is 0.306 e. The summed E-state index contributed by atoms with van der Waals surface area (Å²) in [6, 6.07) is 0. The van der Waals surface area contributed by atoms with E-state index >= 15 is 0 Å². The zero-order chi connectivity index (χ0) is 12.8. The molecule has 0 aliphatic heterocycles. The van der Waals surface area contributed by atoms with Crippen molar-refractivity contribution in [1.29, 1.82) is 0 Å². The van der Waals surface area contributed by atoms with E-state index in [1.54, 1.807) is 0 Å². The molecule has 0 amide bonds. The van der Waals surface area contributed by atoms with Crippen molar-refractivity contribution >= 4 is 5.78 Å². The Balaban J connectivity index is 2.41. The fourth-order valence-electron chi connectivity index (χ4n) is 2.82. The average Bonchev–Trinajstić information content (AvgIpc) is 2.29. The third kappa shape index (κ3) is 4.79. The van der Waals surface area contributed by atoms with Gasteiger partial charge in [-0.25, -0.2) is 0 Å². The fourth-order valence-corrected chi connectivity index (χ4v) is 2.82. The van der Waals surface area contributed by atoms with Crippen LogP contribution < -0.4 is 0 Å². The maximum atomic E-state index is 11.9. The van der Waals surface area contributed by atoms with E-state index in [0.717, 1.165) is 44.2 Å². The molecule has 2 unspecified atom stereocenters. The lowest BCUT2D eigenvalue weighted by Crippen LogP contribution is -2.36. The first kappa shape index (κ1) is 14.7. The van der Waals surface area contributed by atoms with E-state index in [0.29, 0.717) is 11.7 Å². The Bertz CT molecular complexity index is 237. The summed E-state index contributed by atoms with van der Waals surface area (Å²) in [5.41, 5.74) is 0. The summed E-state index contributed by atoms with van der Waals surface area (Å²) in [5.74, 6) is 2.30. The Kier molecular flexibility index (Phi) is 6.18. The molecule has 2 nitrogen and oxygen atoms in total. The molecule has 0 spiro atoms. The molecule has 100 valence electrons. The number of hydrogen-bond acceptors (Lipinski definition) is 2. The van der Waals surface area contributed by atoms with Gasteiger partial charge in [0, 0.05) is 18.9 Å². The van der Waals surface area contributed by atoms with Crippen LogP contribution in [0.4, 0.5) is 0 Å². The number of rotatable bonds is 6. The van der Waals surface area contributed by atoms with Gasteiger partial charge in [0.25, 0.3) is 0 Å². The van der Waals surface area contributed by atoms with Crippen molar-refractivity contribution in [3.8, 4) is 0 Å². The normalized spacial score (nSPS) is 25.9. The zero-order valence-electron chi connectivity index (χ0n) is 12.0. The maximum Gasteiger partial charge on any atom is 0.137 e. The minimum atomic E-state index is 0.304. The quantitative estimate of drug-likeness (QED) is 0.708. The van der Waals surface area contributed by atoms with Gasteiger partial charge in [-0.1, -0.05) is 27.2 Å². The predicted molar refractivity (Wildman–Crippen MR) is 73.1 cm³/mol. The first-order valence-electron chi connectivity index (χ1n) is 7.25. The van der Waals surface area contributed by atoms with Gasteiger partial charge >= 0.3 is 0 Å². The molecule has 0 N–H and O–H groups in total. The van der Waals surface area contributed by atoms with Crippen LogP contribution in [0.1, 0.15) is 52.9 Å². The SMILES string of the molecule is CCCCN(C)CC1CC(C(C)C)CCC1=O. The van der Waals surface area contributed by atoms with E-state index in [4.69, 9.17) is 0 Å². The topological polar surface area (TPSA) is 20.3 Å². The lowest BCUT2D eigenvalue weighted by Gasteiger charge is -2.32. The van der Waals surface area contributed by atoms with Crippen LogP contribution in [0.15, 0.2) is 0 Å². The smallest absolute Gasteiger partial charge is 0.137 e. The number of unbranched alkanes of at least 4 members (excludes halogenated alkanes) is 1. The first-order valence-corrected chi connectivity index (χ1v) is 7.25. The number of carbonyl (C=O) groups is 1. The second-order valence-electron chi connectivity index (χ2n) is 6.06. The molecule has 17 heavy (non-hydrogen) atoms. The van der Waals surface area contributed by atoms with Gasteiger partial charge < -0.3 is 4.90 Å². The number of nitrogens with zero attached hydrogens (tertiary/aromatic N) is 1. The number of ketones is 1. The minimum absolute atomic E-state index is 0.304. The minimum Gasteiger partial charge on any atom is -0.306 e. The van der Waals surface area contributed by atoms with Crippen LogP contribution in [-0.2, 0) is 4.79 Å². The monoisotopic (exact) mass is 239 g/mol. The lowest BCUT2D eigenvalue weighted by molar-refractivity contribution is -0.126. The predicted octanol–water partition coefficient (Wildman–Crippen LogP) is 3.36. The van der Waals surface area contributed by atoms with Crippen molar-refractivity contribution in [2.75, 3.05) is 20.1 Å². The van der Waals surface area contributed by atoms with E-state index in [2.05, 4.69) is 32.7 Å². The van der Waals surface area contributed by atoms with Gasteiger partial charge in [-0.3, -0.25) is 4.79 Å². The van der Waals surface area contributed by atoms with Gasteiger partial charge in [-0.2, -0.15) is 0 Å². The molecule has 2 atom stereocenters. The fraction of sp³-hybridized carbons (Fsp3) is 0.933. The number of hydrogen-bond donors (Lipinski definition) is 0. The second kappa shape index (κ2) is 7.15. The number of carbonyl (C=O) groups excluding carboxylic acids is 1. The molecule has 0 aromatic carbocycles. The summed E-state index contributed by atoms with van der Waals surface area (Å²) in [6.07, 6.45) is 5.52. The van der Waals surface area contributed by atoms with Crippen LogP contribution >= 0.6 is 0 Å². The highest BCUT2D eigenvalue weighted by atomic mass is 16.1. The molecule has 0 saturated heterocycles. The van der Waals surface area contributed by atoms with E-state index in [1.807, 2.05) is 0 Å². The molecule has 1 aliphatic carbocycles. The van der Waals surface area contributed by atoms with Gasteiger partial charge in [0.05, 0.1) is 0 Å². The Hall–Kier alpha value is -0.370. The summed E-state index contributed by atoms with van der Waals surface area (Å²) in [6.45, 7) is 8.90. The summed E-state index contributed by atoms with van der Waals surface area (Å²) >= 11 is 0. The van der Waals surface area contributed by atoms with E-state index in [1.165, 1.54) is 12.8 Å². The molecule has 0 aromatic heterocycles. The zero-order valence-corrected chi connectivity index (χ0v) is 12.0.